The number of nitro groups is 1. The molecule has 2 amide bonds. The van der Waals surface area contributed by atoms with E-state index in [-0.39, 0.29) is 17.5 Å². The molecule has 6 rings (SSSR count). The molecule has 0 bridgehead atoms. The number of hydrogen-bond donors (Lipinski definition) is 1. The van der Waals surface area contributed by atoms with Crippen LogP contribution in [0.5, 0.6) is 11.5 Å². The Bertz CT molecular complexity index is 1600. The number of hydrogen-bond acceptors (Lipinski definition) is 9. The number of rotatable bonds is 7. The second-order valence-electron chi connectivity index (χ2n) is 10.9. The van der Waals surface area contributed by atoms with Gasteiger partial charge >= 0.3 is 0 Å². The van der Waals surface area contributed by atoms with Gasteiger partial charge in [0.1, 0.15) is 19.1 Å². The van der Waals surface area contributed by atoms with E-state index in [2.05, 4.69) is 22.2 Å². The highest BCUT2D eigenvalue weighted by molar-refractivity contribution is 6.24. The summed E-state index contributed by atoms with van der Waals surface area (Å²) in [4.78, 5) is 48.1. The molecule has 3 aliphatic rings. The van der Waals surface area contributed by atoms with E-state index in [0.717, 1.165) is 31.9 Å². The molecule has 222 valence electrons. The van der Waals surface area contributed by atoms with E-state index < -0.39 is 10.8 Å². The van der Waals surface area contributed by atoms with Gasteiger partial charge in [-0.2, -0.15) is 0 Å². The lowest BCUT2D eigenvalue weighted by Gasteiger charge is -2.32. The van der Waals surface area contributed by atoms with Crippen LogP contribution in [0.1, 0.15) is 17.0 Å². The number of non-ortho nitro benzene ring substituents is 1. The Balaban J connectivity index is 1.31. The fourth-order valence-electron chi connectivity index (χ4n) is 5.47. The minimum absolute atomic E-state index is 0.00565. The molecule has 1 N–H and O–H groups in total. The molecule has 1 fully saturated rings. The van der Waals surface area contributed by atoms with Gasteiger partial charge in [0, 0.05) is 56.6 Å². The van der Waals surface area contributed by atoms with Gasteiger partial charge in [0.25, 0.3) is 5.69 Å². The monoisotopic (exact) mass is 584 g/mol. The minimum Gasteiger partial charge on any atom is -0.486 e. The Morgan fingerprint density at radius 3 is 2.47 bits per heavy atom. The Labute approximate surface area is 248 Å². The Hall–Kier alpha value is -4.81. The molecule has 43 heavy (non-hydrogen) atoms. The van der Waals surface area contributed by atoms with E-state index in [1.54, 1.807) is 42.3 Å². The Morgan fingerprint density at radius 2 is 1.74 bits per heavy atom. The van der Waals surface area contributed by atoms with Gasteiger partial charge in [-0.05, 0) is 61.1 Å². The molecule has 1 saturated heterocycles. The van der Waals surface area contributed by atoms with Gasteiger partial charge in [-0.15, -0.1) is 0 Å². The highest BCUT2D eigenvalue weighted by Gasteiger charge is 2.37. The van der Waals surface area contributed by atoms with E-state index in [1.165, 1.54) is 12.1 Å². The fraction of sp³-hybridized carbons (Fsp3) is 0.323. The molecule has 0 aliphatic carbocycles. The van der Waals surface area contributed by atoms with Crippen LogP contribution in [0.3, 0.4) is 0 Å². The molecule has 3 aliphatic heterocycles. The first kappa shape index (κ1) is 28.3. The lowest BCUT2D eigenvalue weighted by molar-refractivity contribution is -0.384. The topological polar surface area (TPSA) is 130 Å². The summed E-state index contributed by atoms with van der Waals surface area (Å²) in [6.45, 7) is 4.80. The number of nitro benzene ring substituents is 1. The number of anilines is 2. The number of carbonyl (C=O) groups excluding carboxylic acids is 2. The number of nitrogens with zero attached hydrogens (tertiary/aromatic N) is 5. The van der Waals surface area contributed by atoms with Crippen LogP contribution in [0, 0.1) is 10.1 Å². The zero-order chi connectivity index (χ0) is 30.1. The molecule has 3 aromatic carbocycles. The number of piperazine rings is 1. The van der Waals surface area contributed by atoms with E-state index in [4.69, 9.17) is 14.5 Å². The van der Waals surface area contributed by atoms with E-state index >= 15 is 0 Å². The number of fused-ring (bicyclic) bond motifs is 2. The van der Waals surface area contributed by atoms with Crippen LogP contribution < -0.4 is 19.7 Å². The van der Waals surface area contributed by atoms with Gasteiger partial charge in [-0.25, -0.2) is 0 Å². The van der Waals surface area contributed by atoms with Gasteiger partial charge < -0.3 is 24.6 Å². The zero-order valence-electron chi connectivity index (χ0n) is 24.0. The number of amides is 2. The highest BCUT2D eigenvalue weighted by atomic mass is 16.6. The van der Waals surface area contributed by atoms with Crippen molar-refractivity contribution in [1.29, 1.82) is 0 Å². The lowest BCUT2D eigenvalue weighted by atomic mass is 9.90. The molecule has 12 heteroatoms. The van der Waals surface area contributed by atoms with Crippen LogP contribution in [-0.4, -0.2) is 92.3 Å². The fourth-order valence-corrected chi connectivity index (χ4v) is 5.47. The van der Waals surface area contributed by atoms with Crippen LogP contribution in [0.4, 0.5) is 22.7 Å². The first-order valence-corrected chi connectivity index (χ1v) is 14.1. The average Bonchev–Trinajstić information content (AvgIpc) is 3.35. The quantitative estimate of drug-likeness (QED) is 0.254. The predicted octanol–water partition coefficient (Wildman–Crippen LogP) is 3.43. The van der Waals surface area contributed by atoms with Crippen LogP contribution in [0.15, 0.2) is 65.7 Å². The zero-order valence-corrected chi connectivity index (χ0v) is 24.0. The molecule has 1 atom stereocenters. The number of carbonyl (C=O) groups is 2. The number of aliphatic imine (C=N–C) groups is 1. The maximum Gasteiger partial charge on any atom is 0.271 e. The van der Waals surface area contributed by atoms with Crippen LogP contribution >= 0.6 is 0 Å². The van der Waals surface area contributed by atoms with Gasteiger partial charge in [-0.3, -0.25) is 29.6 Å². The molecule has 3 heterocycles. The van der Waals surface area contributed by atoms with Crippen molar-refractivity contribution in [2.45, 2.75) is 5.92 Å². The van der Waals surface area contributed by atoms with Gasteiger partial charge in [0.2, 0.25) is 11.8 Å². The van der Waals surface area contributed by atoms with E-state index in [0.29, 0.717) is 59.5 Å². The Morgan fingerprint density at radius 1 is 1.02 bits per heavy atom. The van der Waals surface area contributed by atoms with Gasteiger partial charge in [-0.1, -0.05) is 0 Å². The maximum atomic E-state index is 13.3. The van der Waals surface area contributed by atoms with Crippen LogP contribution in [0.2, 0.25) is 0 Å². The van der Waals surface area contributed by atoms with Crippen molar-refractivity contribution >= 4 is 40.3 Å². The second-order valence-corrected chi connectivity index (χ2v) is 10.9. The number of likely N-dealkylation sites (N-methyl/N-ethyl adjacent to an activating group) is 2. The summed E-state index contributed by atoms with van der Waals surface area (Å²) >= 11 is 0. The third-order valence-corrected chi connectivity index (χ3v) is 8.01. The maximum absolute atomic E-state index is 13.3. The SMILES string of the molecule is CN1CCN(CC(=O)N(C)c2ccc(N=C(c3ccc4c(c3)OCCO4)C3C(=O)Nc4cc([N+](=O)[O-])ccc43)cc2)CC1. The van der Waals surface area contributed by atoms with Crippen molar-refractivity contribution in [1.82, 2.24) is 9.80 Å². The van der Waals surface area contributed by atoms with Crippen molar-refractivity contribution in [3.63, 3.8) is 0 Å². The molecule has 0 radical (unpaired) electrons. The Kier molecular flexibility index (Phi) is 7.78. The lowest BCUT2D eigenvalue weighted by Crippen LogP contribution is -2.48. The first-order valence-electron chi connectivity index (χ1n) is 14.1. The smallest absolute Gasteiger partial charge is 0.271 e. The minimum atomic E-state index is -0.814. The molecule has 0 spiro atoms. The van der Waals surface area contributed by atoms with Crippen LogP contribution in [-0.2, 0) is 9.59 Å². The van der Waals surface area contributed by atoms with Crippen molar-refractivity contribution in [3.8, 4) is 11.5 Å². The third-order valence-electron chi connectivity index (χ3n) is 8.01. The molecular weight excluding hydrogens is 552 g/mol. The number of ether oxygens (including phenoxy) is 2. The van der Waals surface area contributed by atoms with Crippen molar-refractivity contribution in [2.24, 2.45) is 4.99 Å². The molecule has 3 aromatic rings. The summed E-state index contributed by atoms with van der Waals surface area (Å²) in [7, 11) is 3.84. The molecule has 1 unspecified atom stereocenters. The van der Waals surface area contributed by atoms with E-state index in [9.17, 15) is 19.7 Å². The molecule has 12 nitrogen and oxygen atoms in total. The average molecular weight is 585 g/mol. The van der Waals surface area contributed by atoms with Gasteiger partial charge in [0.15, 0.2) is 11.5 Å². The van der Waals surface area contributed by atoms with Crippen LogP contribution in [0.25, 0.3) is 0 Å². The van der Waals surface area contributed by atoms with Crippen molar-refractivity contribution in [2.75, 3.05) is 70.2 Å². The molecular formula is C31H32N6O6. The highest BCUT2D eigenvalue weighted by Crippen LogP contribution is 2.40. The number of benzene rings is 3. The van der Waals surface area contributed by atoms with E-state index in [1.807, 2.05) is 18.2 Å². The van der Waals surface area contributed by atoms with Crippen molar-refractivity contribution < 1.29 is 24.0 Å². The van der Waals surface area contributed by atoms with Gasteiger partial charge in [0.05, 0.1) is 28.6 Å². The molecule has 0 saturated carbocycles. The summed E-state index contributed by atoms with van der Waals surface area (Å²) in [5.74, 6) is 0.0106. The number of nitrogens with one attached hydrogen (secondary N) is 1. The standard InChI is InChI=1S/C31H32N6O6/c1-34-11-13-36(14-12-34)19-28(38)35(2)22-6-4-21(5-7-22)32-30(20-3-10-26-27(17-20)43-16-15-42-26)29-24-9-8-23(37(40)41)18-25(24)33-31(29)39/h3-10,17-18,29H,11-16,19H2,1-2H3,(H,33,39). The summed E-state index contributed by atoms with van der Waals surface area (Å²) < 4.78 is 11.5. The summed E-state index contributed by atoms with van der Waals surface area (Å²) in [6, 6.07) is 17.0. The summed E-state index contributed by atoms with van der Waals surface area (Å²) in [6.07, 6.45) is 0. The normalized spacial score (nSPS) is 18.6. The predicted molar refractivity (Wildman–Crippen MR) is 162 cm³/mol. The third kappa shape index (κ3) is 5.92. The summed E-state index contributed by atoms with van der Waals surface area (Å²) in [5.41, 5.74) is 3.28. The second kappa shape index (κ2) is 11.8. The first-order chi connectivity index (χ1) is 20.8. The summed E-state index contributed by atoms with van der Waals surface area (Å²) in [5, 5.41) is 14.1. The van der Waals surface area contributed by atoms with Crippen molar-refractivity contribution in [3.05, 3.63) is 81.9 Å². The molecule has 0 aromatic heterocycles. The largest absolute Gasteiger partial charge is 0.486 e.